The molecule has 1 aromatic rings. The van der Waals surface area contributed by atoms with Gasteiger partial charge in [-0.3, -0.25) is 4.79 Å². The van der Waals surface area contributed by atoms with Crippen molar-refractivity contribution in [2.24, 2.45) is 5.92 Å². The minimum absolute atomic E-state index is 0.0544. The van der Waals surface area contributed by atoms with Gasteiger partial charge in [0.15, 0.2) is 0 Å². The van der Waals surface area contributed by atoms with E-state index < -0.39 is 0 Å². The molecule has 2 N–H and O–H groups in total. The van der Waals surface area contributed by atoms with E-state index in [2.05, 4.69) is 33.5 Å². The highest BCUT2D eigenvalue weighted by atomic mass is 79.9. The lowest BCUT2D eigenvalue weighted by atomic mass is 9.95. The van der Waals surface area contributed by atoms with Crippen molar-refractivity contribution in [3.8, 4) is 5.75 Å². The van der Waals surface area contributed by atoms with Crippen LogP contribution in [0.2, 0.25) is 0 Å². The summed E-state index contributed by atoms with van der Waals surface area (Å²) in [5, 5.41) is 6.40. The van der Waals surface area contributed by atoms with Crippen LogP contribution in [0.5, 0.6) is 5.75 Å². The highest BCUT2D eigenvalue weighted by molar-refractivity contribution is 9.10. The Labute approximate surface area is 134 Å². The summed E-state index contributed by atoms with van der Waals surface area (Å²) < 4.78 is 6.58. The van der Waals surface area contributed by atoms with Crippen LogP contribution in [0, 0.1) is 12.8 Å². The van der Waals surface area contributed by atoms with Gasteiger partial charge in [0.05, 0.1) is 17.5 Å². The number of nitrogens with one attached hydrogen (secondary N) is 2. The molecular weight excluding hydrogens is 332 g/mol. The molecule has 0 radical (unpaired) electrons. The molecule has 2 rings (SSSR count). The van der Waals surface area contributed by atoms with Gasteiger partial charge >= 0.3 is 0 Å². The minimum Gasteiger partial charge on any atom is -0.492 e. The second-order valence-corrected chi connectivity index (χ2v) is 6.53. The minimum atomic E-state index is 0.0544. The van der Waals surface area contributed by atoms with Gasteiger partial charge in [-0.25, -0.2) is 0 Å². The van der Waals surface area contributed by atoms with Gasteiger partial charge in [0.1, 0.15) is 5.75 Å². The fourth-order valence-electron chi connectivity index (χ4n) is 2.44. The molecule has 0 aliphatic carbocycles. The smallest absolute Gasteiger partial charge is 0.223 e. The Kier molecular flexibility index (Phi) is 6.06. The molecule has 1 aliphatic heterocycles. The lowest BCUT2D eigenvalue weighted by Gasteiger charge is -2.30. The van der Waals surface area contributed by atoms with E-state index in [1.165, 1.54) is 5.56 Å². The summed E-state index contributed by atoms with van der Waals surface area (Å²) in [7, 11) is 0. The van der Waals surface area contributed by atoms with Crippen LogP contribution in [0.25, 0.3) is 0 Å². The van der Waals surface area contributed by atoms with Crippen molar-refractivity contribution in [1.29, 1.82) is 0 Å². The predicted octanol–water partition coefficient (Wildman–Crippen LogP) is 2.64. The summed E-state index contributed by atoms with van der Waals surface area (Å²) in [5.74, 6) is 1.36. The zero-order valence-corrected chi connectivity index (χ0v) is 14.2. The molecule has 116 valence electrons. The van der Waals surface area contributed by atoms with Crippen molar-refractivity contribution in [1.82, 2.24) is 10.6 Å². The Balaban J connectivity index is 1.73. The molecule has 4 nitrogen and oxygen atoms in total. The van der Waals surface area contributed by atoms with E-state index in [4.69, 9.17) is 4.74 Å². The van der Waals surface area contributed by atoms with Crippen LogP contribution in [0.1, 0.15) is 25.3 Å². The maximum Gasteiger partial charge on any atom is 0.223 e. The third-order valence-electron chi connectivity index (χ3n) is 3.85. The van der Waals surface area contributed by atoms with Crippen LogP contribution >= 0.6 is 15.9 Å². The monoisotopic (exact) mass is 354 g/mol. The van der Waals surface area contributed by atoms with Crippen LogP contribution in [0.4, 0.5) is 0 Å². The number of piperidine rings is 1. The van der Waals surface area contributed by atoms with Gasteiger partial charge in [-0.1, -0.05) is 13.0 Å². The molecule has 1 aliphatic rings. The first-order valence-corrected chi connectivity index (χ1v) is 8.24. The summed E-state index contributed by atoms with van der Waals surface area (Å²) >= 11 is 3.47. The van der Waals surface area contributed by atoms with E-state index in [9.17, 15) is 4.79 Å². The topological polar surface area (TPSA) is 50.4 Å². The zero-order chi connectivity index (χ0) is 15.2. The van der Waals surface area contributed by atoms with Crippen LogP contribution < -0.4 is 15.4 Å². The maximum atomic E-state index is 12.0. The Morgan fingerprint density at radius 3 is 3.05 bits per heavy atom. The molecule has 0 saturated carbocycles. The Morgan fingerprint density at radius 1 is 1.52 bits per heavy atom. The molecule has 1 amide bonds. The highest BCUT2D eigenvalue weighted by Crippen LogP contribution is 2.25. The van der Waals surface area contributed by atoms with E-state index in [-0.39, 0.29) is 11.9 Å². The SMILES string of the molecule is Cc1ccc(OCCC(=O)NC2CNCCC2C)c(Br)c1. The number of aryl methyl sites for hydroxylation is 1. The molecule has 0 aromatic heterocycles. The van der Waals surface area contributed by atoms with Gasteiger partial charge in [-0.15, -0.1) is 0 Å². The first-order valence-electron chi connectivity index (χ1n) is 7.45. The van der Waals surface area contributed by atoms with Gasteiger partial charge < -0.3 is 15.4 Å². The van der Waals surface area contributed by atoms with Crippen LogP contribution in [-0.2, 0) is 4.79 Å². The number of hydrogen-bond acceptors (Lipinski definition) is 3. The van der Waals surface area contributed by atoms with Crippen molar-refractivity contribution in [3.05, 3.63) is 28.2 Å². The third kappa shape index (κ3) is 5.00. The van der Waals surface area contributed by atoms with E-state index in [0.717, 1.165) is 29.7 Å². The number of ether oxygens (including phenoxy) is 1. The Bertz CT molecular complexity index is 493. The van der Waals surface area contributed by atoms with E-state index >= 15 is 0 Å². The van der Waals surface area contributed by atoms with Gasteiger partial charge in [-0.05, 0) is 59.4 Å². The van der Waals surface area contributed by atoms with E-state index in [1.807, 2.05) is 25.1 Å². The zero-order valence-electron chi connectivity index (χ0n) is 12.6. The number of carbonyl (C=O) groups is 1. The molecule has 21 heavy (non-hydrogen) atoms. The Morgan fingerprint density at radius 2 is 2.33 bits per heavy atom. The standard InChI is InChI=1S/C16H23BrN2O2/c1-11-3-4-15(13(17)9-11)21-8-6-16(20)19-14-10-18-7-5-12(14)2/h3-4,9,12,14,18H,5-8,10H2,1-2H3,(H,19,20). The molecule has 1 fully saturated rings. The summed E-state index contributed by atoms with van der Waals surface area (Å²) in [4.78, 5) is 12.0. The van der Waals surface area contributed by atoms with Crippen molar-refractivity contribution in [3.63, 3.8) is 0 Å². The summed E-state index contributed by atoms with van der Waals surface area (Å²) in [6, 6.07) is 6.16. The number of benzene rings is 1. The third-order valence-corrected chi connectivity index (χ3v) is 4.47. The Hall–Kier alpha value is -1.07. The van der Waals surface area contributed by atoms with Crippen molar-refractivity contribution < 1.29 is 9.53 Å². The predicted molar refractivity (Wildman–Crippen MR) is 87.6 cm³/mol. The molecule has 0 spiro atoms. The number of carbonyl (C=O) groups excluding carboxylic acids is 1. The summed E-state index contributed by atoms with van der Waals surface area (Å²) in [6.45, 7) is 6.50. The molecule has 2 atom stereocenters. The van der Waals surface area contributed by atoms with Crippen LogP contribution in [-0.4, -0.2) is 31.6 Å². The quantitative estimate of drug-likeness (QED) is 0.854. The first-order chi connectivity index (χ1) is 10.1. The average Bonchev–Trinajstić information content (AvgIpc) is 2.44. The lowest BCUT2D eigenvalue weighted by Crippen LogP contribution is -2.50. The summed E-state index contributed by atoms with van der Waals surface area (Å²) in [6.07, 6.45) is 1.49. The number of halogens is 1. The molecule has 1 saturated heterocycles. The van der Waals surface area contributed by atoms with E-state index in [1.54, 1.807) is 0 Å². The lowest BCUT2D eigenvalue weighted by molar-refractivity contribution is -0.122. The highest BCUT2D eigenvalue weighted by Gasteiger charge is 2.22. The molecule has 0 bridgehead atoms. The van der Waals surface area contributed by atoms with Crippen molar-refractivity contribution in [2.45, 2.75) is 32.7 Å². The fraction of sp³-hybridized carbons (Fsp3) is 0.562. The molecule has 5 heteroatoms. The van der Waals surface area contributed by atoms with Gasteiger partial charge in [0, 0.05) is 12.6 Å². The van der Waals surface area contributed by atoms with Gasteiger partial charge in [0.2, 0.25) is 5.91 Å². The van der Waals surface area contributed by atoms with Crippen LogP contribution in [0.3, 0.4) is 0 Å². The average molecular weight is 355 g/mol. The maximum absolute atomic E-state index is 12.0. The summed E-state index contributed by atoms with van der Waals surface area (Å²) in [5.41, 5.74) is 1.17. The molecule has 1 aromatic carbocycles. The van der Waals surface area contributed by atoms with Crippen molar-refractivity contribution in [2.75, 3.05) is 19.7 Å². The van der Waals surface area contributed by atoms with Gasteiger partial charge in [0.25, 0.3) is 0 Å². The molecular formula is C16H23BrN2O2. The number of hydrogen-bond donors (Lipinski definition) is 2. The molecule has 1 heterocycles. The molecule has 2 unspecified atom stereocenters. The first kappa shape index (κ1) is 16.3. The number of rotatable bonds is 5. The van der Waals surface area contributed by atoms with Crippen LogP contribution in [0.15, 0.2) is 22.7 Å². The normalized spacial score (nSPS) is 21.9. The van der Waals surface area contributed by atoms with Gasteiger partial charge in [-0.2, -0.15) is 0 Å². The second kappa shape index (κ2) is 7.80. The fourth-order valence-corrected chi connectivity index (χ4v) is 3.05. The number of amides is 1. The van der Waals surface area contributed by atoms with E-state index in [0.29, 0.717) is 18.9 Å². The van der Waals surface area contributed by atoms with Crippen molar-refractivity contribution >= 4 is 21.8 Å². The largest absolute Gasteiger partial charge is 0.492 e. The second-order valence-electron chi connectivity index (χ2n) is 5.68.